The fourth-order valence-corrected chi connectivity index (χ4v) is 5.89. The number of amides is 1. The Balaban J connectivity index is 1.33. The number of thiophene rings is 1. The quantitative estimate of drug-likeness (QED) is 0.716. The van der Waals surface area contributed by atoms with Gasteiger partial charge in [0.1, 0.15) is 15.7 Å². The Morgan fingerprint density at radius 3 is 2.59 bits per heavy atom. The normalized spacial score (nSPS) is 23.8. The standard InChI is InChI=1S/C19H22N2O4S2/c1-14-13-16(14)17-6-4-15(25-17)5-7-18(22)20-8-10-21(11-9-20)27(23,24)19-3-2-12-26-19/h2-7,12,14,16H,8-11,13H2,1H3. The van der Waals surface area contributed by atoms with Gasteiger partial charge in [-0.1, -0.05) is 13.0 Å². The number of hydrogen-bond acceptors (Lipinski definition) is 5. The fourth-order valence-electron chi connectivity index (χ4n) is 3.32. The van der Waals surface area contributed by atoms with E-state index in [9.17, 15) is 13.2 Å². The molecule has 3 heterocycles. The summed E-state index contributed by atoms with van der Waals surface area (Å²) in [4.78, 5) is 14.1. The smallest absolute Gasteiger partial charge is 0.252 e. The summed E-state index contributed by atoms with van der Waals surface area (Å²) < 4.78 is 32.6. The van der Waals surface area contributed by atoms with Gasteiger partial charge >= 0.3 is 0 Å². The topological polar surface area (TPSA) is 70.8 Å². The van der Waals surface area contributed by atoms with E-state index in [-0.39, 0.29) is 5.91 Å². The van der Waals surface area contributed by atoms with E-state index in [1.165, 1.54) is 21.7 Å². The Morgan fingerprint density at radius 2 is 1.96 bits per heavy atom. The van der Waals surface area contributed by atoms with Crippen molar-refractivity contribution >= 4 is 33.3 Å². The van der Waals surface area contributed by atoms with Crippen LogP contribution in [-0.2, 0) is 14.8 Å². The van der Waals surface area contributed by atoms with E-state index in [1.807, 2.05) is 12.1 Å². The van der Waals surface area contributed by atoms with Gasteiger partial charge in [-0.2, -0.15) is 4.31 Å². The second kappa shape index (κ2) is 7.26. The van der Waals surface area contributed by atoms with Gasteiger partial charge in [-0.25, -0.2) is 8.42 Å². The average molecular weight is 407 g/mol. The van der Waals surface area contributed by atoms with Gasteiger partial charge in [0.25, 0.3) is 10.0 Å². The summed E-state index contributed by atoms with van der Waals surface area (Å²) in [5.74, 6) is 2.73. The lowest BCUT2D eigenvalue weighted by molar-refractivity contribution is -0.127. The second-order valence-electron chi connectivity index (χ2n) is 7.05. The molecule has 144 valence electrons. The van der Waals surface area contributed by atoms with Gasteiger partial charge in [-0.05, 0) is 42.0 Å². The first-order chi connectivity index (χ1) is 12.9. The minimum absolute atomic E-state index is 0.124. The van der Waals surface area contributed by atoms with Crippen molar-refractivity contribution in [3.05, 3.63) is 47.2 Å². The number of carbonyl (C=O) groups is 1. The Morgan fingerprint density at radius 1 is 1.22 bits per heavy atom. The summed E-state index contributed by atoms with van der Waals surface area (Å²) in [6.45, 7) is 3.59. The first-order valence-electron chi connectivity index (χ1n) is 9.05. The van der Waals surface area contributed by atoms with Crippen LogP contribution in [0.1, 0.15) is 30.8 Å². The van der Waals surface area contributed by atoms with E-state index in [0.717, 1.165) is 12.2 Å². The molecule has 1 saturated heterocycles. The third kappa shape index (κ3) is 3.88. The number of rotatable bonds is 5. The zero-order valence-electron chi connectivity index (χ0n) is 15.1. The molecule has 0 radical (unpaired) electrons. The molecule has 2 aromatic rings. The van der Waals surface area contributed by atoms with Crippen molar-refractivity contribution in [2.24, 2.45) is 5.92 Å². The number of furan rings is 1. The molecule has 2 atom stereocenters. The molecule has 0 spiro atoms. The summed E-state index contributed by atoms with van der Waals surface area (Å²) in [7, 11) is -3.45. The number of sulfonamides is 1. The first kappa shape index (κ1) is 18.5. The Labute approximate surface area is 163 Å². The number of carbonyl (C=O) groups excluding carboxylic acids is 1. The van der Waals surface area contributed by atoms with Crippen LogP contribution in [0.4, 0.5) is 0 Å². The second-order valence-corrected chi connectivity index (χ2v) is 10.2. The summed E-state index contributed by atoms with van der Waals surface area (Å²) in [5.41, 5.74) is 0. The number of hydrogen-bond donors (Lipinski definition) is 0. The predicted octanol–water partition coefficient (Wildman–Crippen LogP) is 3.01. The van der Waals surface area contributed by atoms with Crippen LogP contribution >= 0.6 is 11.3 Å². The largest absolute Gasteiger partial charge is 0.461 e. The fraction of sp³-hybridized carbons (Fsp3) is 0.421. The summed E-state index contributed by atoms with van der Waals surface area (Å²) >= 11 is 1.21. The highest BCUT2D eigenvalue weighted by Gasteiger charge is 2.36. The zero-order chi connectivity index (χ0) is 19.0. The highest BCUT2D eigenvalue weighted by molar-refractivity contribution is 7.91. The third-order valence-corrected chi connectivity index (χ3v) is 8.42. The van der Waals surface area contributed by atoms with Crippen molar-refractivity contribution in [2.75, 3.05) is 26.2 Å². The van der Waals surface area contributed by atoms with E-state index in [2.05, 4.69) is 6.92 Å². The molecule has 0 bridgehead atoms. The monoisotopic (exact) mass is 406 g/mol. The van der Waals surface area contributed by atoms with E-state index < -0.39 is 10.0 Å². The van der Waals surface area contributed by atoms with E-state index in [1.54, 1.807) is 28.5 Å². The molecule has 2 aliphatic rings. The van der Waals surface area contributed by atoms with Crippen LogP contribution in [0.5, 0.6) is 0 Å². The molecule has 27 heavy (non-hydrogen) atoms. The molecule has 1 aliphatic heterocycles. The summed E-state index contributed by atoms with van der Waals surface area (Å²) in [6.07, 6.45) is 4.35. The first-order valence-corrected chi connectivity index (χ1v) is 11.4. The van der Waals surface area contributed by atoms with Crippen molar-refractivity contribution in [1.82, 2.24) is 9.21 Å². The van der Waals surface area contributed by atoms with Crippen molar-refractivity contribution < 1.29 is 17.6 Å². The minimum atomic E-state index is -3.45. The molecule has 1 saturated carbocycles. The van der Waals surface area contributed by atoms with Crippen LogP contribution in [0, 0.1) is 5.92 Å². The minimum Gasteiger partial charge on any atom is -0.461 e. The molecule has 1 aliphatic carbocycles. The predicted molar refractivity (Wildman–Crippen MR) is 104 cm³/mol. The van der Waals surface area contributed by atoms with Gasteiger partial charge < -0.3 is 9.32 Å². The SMILES string of the molecule is CC1CC1c1ccc(C=CC(=O)N2CCN(S(=O)(=O)c3cccs3)CC2)o1. The zero-order valence-corrected chi connectivity index (χ0v) is 16.7. The maximum atomic E-state index is 12.5. The van der Waals surface area contributed by atoms with Gasteiger partial charge in [0.2, 0.25) is 5.91 Å². The Hall–Kier alpha value is -1.90. The van der Waals surface area contributed by atoms with Crippen molar-refractivity contribution in [3.63, 3.8) is 0 Å². The van der Waals surface area contributed by atoms with Crippen LogP contribution in [0.2, 0.25) is 0 Å². The van der Waals surface area contributed by atoms with Crippen LogP contribution in [0.3, 0.4) is 0 Å². The van der Waals surface area contributed by atoms with Gasteiger partial charge in [0.15, 0.2) is 0 Å². The molecule has 6 nitrogen and oxygen atoms in total. The van der Waals surface area contributed by atoms with Crippen LogP contribution in [-0.4, -0.2) is 49.7 Å². The lowest BCUT2D eigenvalue weighted by Crippen LogP contribution is -2.50. The summed E-state index contributed by atoms with van der Waals surface area (Å²) in [5, 5.41) is 1.75. The average Bonchev–Trinajstić information content (AvgIpc) is 3.12. The van der Waals surface area contributed by atoms with Crippen molar-refractivity contribution in [3.8, 4) is 0 Å². The van der Waals surface area contributed by atoms with Gasteiger partial charge in [0.05, 0.1) is 0 Å². The molecular formula is C19H22N2O4S2. The Kier molecular flexibility index (Phi) is 4.96. The third-order valence-electron chi connectivity index (χ3n) is 5.15. The van der Waals surface area contributed by atoms with E-state index in [4.69, 9.17) is 4.42 Å². The summed E-state index contributed by atoms with van der Waals surface area (Å²) in [6, 6.07) is 7.20. The Bertz CT molecular complexity index is 938. The van der Waals surface area contributed by atoms with Gasteiger partial charge in [0, 0.05) is 38.2 Å². The van der Waals surface area contributed by atoms with Gasteiger partial charge in [-0.3, -0.25) is 4.79 Å². The highest BCUT2D eigenvalue weighted by atomic mass is 32.2. The number of nitrogens with zero attached hydrogens (tertiary/aromatic N) is 2. The lowest BCUT2D eigenvalue weighted by atomic mass is 10.3. The van der Waals surface area contributed by atoms with Crippen LogP contribution in [0.25, 0.3) is 6.08 Å². The molecule has 1 amide bonds. The molecule has 2 fully saturated rings. The lowest BCUT2D eigenvalue weighted by Gasteiger charge is -2.33. The molecule has 2 aromatic heterocycles. The van der Waals surface area contributed by atoms with Crippen LogP contribution in [0.15, 0.2) is 44.3 Å². The molecule has 0 N–H and O–H groups in total. The molecular weight excluding hydrogens is 384 g/mol. The van der Waals surface area contributed by atoms with Crippen LogP contribution < -0.4 is 0 Å². The number of piperazine rings is 1. The van der Waals surface area contributed by atoms with E-state index >= 15 is 0 Å². The van der Waals surface area contributed by atoms with E-state index in [0.29, 0.717) is 48.0 Å². The van der Waals surface area contributed by atoms with Crippen molar-refractivity contribution in [1.29, 1.82) is 0 Å². The maximum absolute atomic E-state index is 12.5. The highest BCUT2D eigenvalue weighted by Crippen LogP contribution is 2.47. The maximum Gasteiger partial charge on any atom is 0.252 e. The molecule has 4 rings (SSSR count). The van der Waals surface area contributed by atoms with Gasteiger partial charge in [-0.15, -0.1) is 11.3 Å². The van der Waals surface area contributed by atoms with Crippen molar-refractivity contribution in [2.45, 2.75) is 23.5 Å². The molecule has 8 heteroatoms. The molecule has 0 aromatic carbocycles. The molecule has 2 unspecified atom stereocenters.